The molecule has 0 saturated carbocycles. The summed E-state index contributed by atoms with van der Waals surface area (Å²) in [7, 11) is 0. The summed E-state index contributed by atoms with van der Waals surface area (Å²) in [5, 5.41) is 30.1. The first-order valence-electron chi connectivity index (χ1n) is 5.82. The maximum absolute atomic E-state index is 10.6. The van der Waals surface area contributed by atoms with Crippen molar-refractivity contribution in [3.8, 4) is 0 Å². The molecule has 2 rings (SSSR count). The van der Waals surface area contributed by atoms with E-state index in [2.05, 4.69) is 15.4 Å². The van der Waals surface area contributed by atoms with Crippen molar-refractivity contribution in [2.24, 2.45) is 0 Å². The summed E-state index contributed by atoms with van der Waals surface area (Å²) >= 11 is 1.05. The van der Waals surface area contributed by atoms with E-state index in [-0.39, 0.29) is 12.4 Å². The number of carbonyl (C=O) groups is 1. The number of aliphatic carboxylic acids is 1. The van der Waals surface area contributed by atoms with E-state index < -0.39 is 5.97 Å². The van der Waals surface area contributed by atoms with Gasteiger partial charge in [-0.2, -0.15) is 0 Å². The van der Waals surface area contributed by atoms with Gasteiger partial charge in [0.05, 0.1) is 18.0 Å². The Morgan fingerprint density at radius 2 is 2.15 bits per heavy atom. The van der Waals surface area contributed by atoms with Crippen LogP contribution in [0.25, 0.3) is 0 Å². The molecule has 2 aromatic rings. The fourth-order valence-corrected chi connectivity index (χ4v) is 2.39. The van der Waals surface area contributed by atoms with Gasteiger partial charge in [-0.05, 0) is 13.8 Å². The van der Waals surface area contributed by atoms with Crippen molar-refractivity contribution < 1.29 is 19.5 Å². The van der Waals surface area contributed by atoms with E-state index in [9.17, 15) is 9.90 Å². The number of carboxylic acids is 1. The molecule has 0 bridgehead atoms. The number of thioether (sulfide) groups is 1. The first-order valence-corrected chi connectivity index (χ1v) is 6.80. The predicted molar refractivity (Wildman–Crippen MR) is 69.4 cm³/mol. The number of carboxylic acid groups (broad SMARTS) is 1. The fourth-order valence-electron chi connectivity index (χ4n) is 1.71. The van der Waals surface area contributed by atoms with Gasteiger partial charge in [0, 0.05) is 5.56 Å². The van der Waals surface area contributed by atoms with Gasteiger partial charge in [0.15, 0.2) is 11.0 Å². The molecule has 0 aromatic carbocycles. The van der Waals surface area contributed by atoms with E-state index in [0.717, 1.165) is 23.0 Å². The van der Waals surface area contributed by atoms with Gasteiger partial charge in [-0.3, -0.25) is 9.36 Å². The highest BCUT2D eigenvalue weighted by Crippen LogP contribution is 2.21. The van der Waals surface area contributed by atoms with Crippen LogP contribution < -0.4 is 0 Å². The number of hydrogen-bond donors (Lipinski definition) is 2. The molecule has 0 spiro atoms. The molecule has 9 heteroatoms. The second-order valence-corrected chi connectivity index (χ2v) is 5.07. The zero-order valence-electron chi connectivity index (χ0n) is 11.0. The highest BCUT2D eigenvalue weighted by atomic mass is 32.2. The molecule has 8 nitrogen and oxygen atoms in total. The monoisotopic (exact) mass is 298 g/mol. The van der Waals surface area contributed by atoms with Crippen molar-refractivity contribution in [2.75, 3.05) is 5.75 Å². The number of hydrogen-bond acceptors (Lipinski definition) is 7. The van der Waals surface area contributed by atoms with Crippen molar-refractivity contribution in [1.82, 2.24) is 19.9 Å². The molecular weight excluding hydrogens is 284 g/mol. The Hall–Kier alpha value is -1.87. The molecule has 0 atom stereocenters. The second kappa shape index (κ2) is 6.06. The van der Waals surface area contributed by atoms with Crippen LogP contribution >= 0.6 is 11.8 Å². The van der Waals surface area contributed by atoms with Crippen molar-refractivity contribution in [3.05, 3.63) is 22.8 Å². The number of nitrogens with zero attached hydrogens (tertiary/aromatic N) is 4. The zero-order chi connectivity index (χ0) is 14.7. The molecule has 0 aliphatic heterocycles. The molecule has 2 heterocycles. The van der Waals surface area contributed by atoms with E-state index in [4.69, 9.17) is 9.63 Å². The van der Waals surface area contributed by atoms with Gasteiger partial charge < -0.3 is 14.7 Å². The number of aryl methyl sites for hydroxylation is 2. The summed E-state index contributed by atoms with van der Waals surface area (Å²) in [6, 6.07) is 0. The Bertz CT molecular complexity index is 602. The Morgan fingerprint density at radius 3 is 2.70 bits per heavy atom. The molecule has 108 valence electrons. The third kappa shape index (κ3) is 2.99. The van der Waals surface area contributed by atoms with Gasteiger partial charge in [-0.15, -0.1) is 10.2 Å². The van der Waals surface area contributed by atoms with Crippen LogP contribution in [-0.4, -0.2) is 41.9 Å². The van der Waals surface area contributed by atoms with E-state index in [1.807, 2.05) is 6.92 Å². The van der Waals surface area contributed by atoms with Crippen LogP contribution in [0.15, 0.2) is 9.68 Å². The Morgan fingerprint density at radius 1 is 1.40 bits per heavy atom. The number of aromatic nitrogens is 4. The lowest BCUT2D eigenvalue weighted by Gasteiger charge is -2.08. The van der Waals surface area contributed by atoms with Gasteiger partial charge in [-0.1, -0.05) is 16.9 Å². The topological polar surface area (TPSA) is 114 Å². The number of aliphatic hydroxyl groups excluding tert-OH is 1. The summed E-state index contributed by atoms with van der Waals surface area (Å²) in [5.41, 5.74) is 1.62. The standard InChI is InChI=1S/C11H14N4O4S/c1-6-8(7(2)19-14-6)3-15-9(4-16)12-13-11(15)20-5-10(17)18/h16H,3-5H2,1-2H3,(H,17,18). The Balaban J connectivity index is 2.29. The average molecular weight is 298 g/mol. The minimum Gasteiger partial charge on any atom is -0.481 e. The smallest absolute Gasteiger partial charge is 0.313 e. The molecular formula is C11H14N4O4S. The van der Waals surface area contributed by atoms with Crippen LogP contribution in [0.5, 0.6) is 0 Å². The van der Waals surface area contributed by atoms with Crippen LogP contribution in [0.3, 0.4) is 0 Å². The third-order valence-electron chi connectivity index (χ3n) is 2.76. The maximum atomic E-state index is 10.6. The van der Waals surface area contributed by atoms with Crippen LogP contribution in [0.1, 0.15) is 22.8 Å². The molecule has 2 N–H and O–H groups in total. The predicted octanol–water partition coefficient (Wildman–Crippen LogP) is 0.600. The van der Waals surface area contributed by atoms with Gasteiger partial charge in [0.1, 0.15) is 12.4 Å². The lowest BCUT2D eigenvalue weighted by atomic mass is 10.2. The van der Waals surface area contributed by atoms with Crippen molar-refractivity contribution in [1.29, 1.82) is 0 Å². The summed E-state index contributed by atoms with van der Waals surface area (Å²) in [4.78, 5) is 10.6. The van der Waals surface area contributed by atoms with E-state index in [1.165, 1.54) is 0 Å². The highest BCUT2D eigenvalue weighted by Gasteiger charge is 2.17. The summed E-state index contributed by atoms with van der Waals surface area (Å²) in [6.07, 6.45) is 0. The van der Waals surface area contributed by atoms with Crippen LogP contribution in [0, 0.1) is 13.8 Å². The molecule has 0 saturated heterocycles. The molecule has 0 aliphatic rings. The number of rotatable bonds is 6. The minimum absolute atomic E-state index is 0.120. The molecule has 2 aromatic heterocycles. The summed E-state index contributed by atoms with van der Waals surface area (Å²) in [6.45, 7) is 3.72. The maximum Gasteiger partial charge on any atom is 0.313 e. The fraction of sp³-hybridized carbons (Fsp3) is 0.455. The van der Waals surface area contributed by atoms with Gasteiger partial charge in [0.25, 0.3) is 0 Å². The van der Waals surface area contributed by atoms with Crippen LogP contribution in [0.4, 0.5) is 0 Å². The van der Waals surface area contributed by atoms with E-state index >= 15 is 0 Å². The van der Waals surface area contributed by atoms with Crippen molar-refractivity contribution in [2.45, 2.75) is 32.2 Å². The Labute approximate surface area is 118 Å². The van der Waals surface area contributed by atoms with E-state index in [0.29, 0.717) is 23.3 Å². The Kier molecular flexibility index (Phi) is 4.40. The largest absolute Gasteiger partial charge is 0.481 e. The summed E-state index contributed by atoms with van der Waals surface area (Å²) in [5.74, 6) is -0.00914. The zero-order valence-corrected chi connectivity index (χ0v) is 11.8. The molecule has 0 aliphatic carbocycles. The minimum atomic E-state index is -0.938. The van der Waals surface area contributed by atoms with Crippen molar-refractivity contribution in [3.63, 3.8) is 0 Å². The lowest BCUT2D eigenvalue weighted by Crippen LogP contribution is -2.09. The third-order valence-corrected chi connectivity index (χ3v) is 3.71. The van der Waals surface area contributed by atoms with Gasteiger partial charge in [-0.25, -0.2) is 0 Å². The van der Waals surface area contributed by atoms with E-state index in [1.54, 1.807) is 11.5 Å². The molecule has 0 unspecified atom stereocenters. The average Bonchev–Trinajstić information content (AvgIpc) is 2.94. The molecule has 20 heavy (non-hydrogen) atoms. The highest BCUT2D eigenvalue weighted by molar-refractivity contribution is 7.99. The second-order valence-electron chi connectivity index (χ2n) is 4.13. The quantitative estimate of drug-likeness (QED) is 0.745. The first kappa shape index (κ1) is 14.5. The van der Waals surface area contributed by atoms with Crippen molar-refractivity contribution >= 4 is 17.7 Å². The normalized spacial score (nSPS) is 10.9. The SMILES string of the molecule is Cc1noc(C)c1Cn1c(CO)nnc1SCC(=O)O. The number of aliphatic hydroxyl groups is 1. The van der Waals surface area contributed by atoms with Crippen LogP contribution in [0.2, 0.25) is 0 Å². The molecule has 0 radical (unpaired) electrons. The molecule has 0 fully saturated rings. The lowest BCUT2D eigenvalue weighted by molar-refractivity contribution is -0.133. The molecule has 0 amide bonds. The van der Waals surface area contributed by atoms with Crippen LogP contribution in [-0.2, 0) is 17.9 Å². The van der Waals surface area contributed by atoms with Gasteiger partial charge in [0.2, 0.25) is 0 Å². The summed E-state index contributed by atoms with van der Waals surface area (Å²) < 4.78 is 6.75. The van der Waals surface area contributed by atoms with Gasteiger partial charge >= 0.3 is 5.97 Å². The first-order chi connectivity index (χ1) is 9.52.